The zero-order valence-corrected chi connectivity index (χ0v) is 12.4. The summed E-state index contributed by atoms with van der Waals surface area (Å²) in [6.07, 6.45) is 0.839. The minimum Gasteiger partial charge on any atom is -0.464 e. The number of carbonyl (C=O) groups excluding carboxylic acids is 2. The van der Waals surface area contributed by atoms with Crippen molar-refractivity contribution in [3.63, 3.8) is 0 Å². The molecule has 0 aliphatic carbocycles. The number of piperidine rings is 1. The van der Waals surface area contributed by atoms with E-state index in [1.54, 1.807) is 25.8 Å². The van der Waals surface area contributed by atoms with Crippen LogP contribution in [0.25, 0.3) is 0 Å². The fourth-order valence-corrected chi connectivity index (χ4v) is 2.07. The van der Waals surface area contributed by atoms with E-state index in [-0.39, 0.29) is 12.1 Å². The second-order valence-electron chi connectivity index (χ2n) is 6.56. The van der Waals surface area contributed by atoms with Crippen LogP contribution in [0.1, 0.15) is 47.5 Å². The lowest BCUT2D eigenvalue weighted by Crippen LogP contribution is -2.52. The van der Waals surface area contributed by atoms with Gasteiger partial charge in [0.05, 0.1) is 11.0 Å². The van der Waals surface area contributed by atoms with E-state index in [0.717, 1.165) is 0 Å². The highest BCUT2D eigenvalue weighted by Crippen LogP contribution is 2.35. The lowest BCUT2D eigenvalue weighted by Gasteiger charge is -2.45. The second-order valence-corrected chi connectivity index (χ2v) is 6.56. The molecule has 1 unspecified atom stereocenters. The molecule has 19 heavy (non-hydrogen) atoms. The lowest BCUT2D eigenvalue weighted by atomic mass is 9.89. The highest BCUT2D eigenvalue weighted by Gasteiger charge is 2.41. The van der Waals surface area contributed by atoms with Gasteiger partial charge in [-0.1, -0.05) is 6.58 Å². The van der Waals surface area contributed by atoms with Crippen LogP contribution in [0.4, 0.5) is 0 Å². The third-order valence-corrected chi connectivity index (χ3v) is 3.06. The molecule has 0 spiro atoms. The fourth-order valence-electron chi connectivity index (χ4n) is 2.07. The summed E-state index contributed by atoms with van der Waals surface area (Å²) < 4.78 is 5.00. The van der Waals surface area contributed by atoms with Crippen molar-refractivity contribution in [1.82, 2.24) is 5.06 Å². The predicted octanol–water partition coefficient (Wildman–Crippen LogP) is 2.42. The van der Waals surface area contributed by atoms with Crippen LogP contribution in [0.5, 0.6) is 0 Å². The van der Waals surface area contributed by atoms with Gasteiger partial charge in [0.1, 0.15) is 6.10 Å². The third-order valence-electron chi connectivity index (χ3n) is 3.06. The minimum absolute atomic E-state index is 0.218. The van der Waals surface area contributed by atoms with Crippen molar-refractivity contribution in [3.8, 4) is 0 Å². The summed E-state index contributed by atoms with van der Waals surface area (Å²) in [5.74, 6) is -0.309. The Hall–Kier alpha value is -1.52. The van der Waals surface area contributed by atoms with Crippen LogP contribution in [0, 0.1) is 5.41 Å². The Morgan fingerprint density at radius 3 is 2.47 bits per heavy atom. The maximum absolute atomic E-state index is 12.0. The van der Waals surface area contributed by atoms with Gasteiger partial charge in [0.15, 0.2) is 0 Å². The molecule has 0 saturated carbocycles. The van der Waals surface area contributed by atoms with Crippen LogP contribution in [0.15, 0.2) is 12.3 Å². The Kier molecular flexibility index (Phi) is 4.28. The maximum atomic E-state index is 12.0. The molecule has 0 radical (unpaired) electrons. The number of hydroxylamine groups is 2. The first-order valence-electron chi connectivity index (χ1n) is 6.37. The van der Waals surface area contributed by atoms with Crippen molar-refractivity contribution in [2.24, 2.45) is 5.41 Å². The summed E-state index contributed by atoms with van der Waals surface area (Å²) >= 11 is 0. The first-order chi connectivity index (χ1) is 8.58. The standard InChI is InChI=1S/C14H23NO4/c1-10-7-11(18-9-16)8-14(5,6)15(10)19-12(17)13(2,3)4/h9,11H,1,7-8H2,2-6H3. The molecule has 1 fully saturated rings. The highest BCUT2D eigenvalue weighted by atomic mass is 16.7. The van der Waals surface area contributed by atoms with Gasteiger partial charge in [-0.2, -0.15) is 0 Å². The number of carbonyl (C=O) groups is 2. The van der Waals surface area contributed by atoms with E-state index >= 15 is 0 Å². The van der Waals surface area contributed by atoms with Crippen LogP contribution < -0.4 is 0 Å². The first kappa shape index (κ1) is 15.5. The number of nitrogens with zero attached hydrogens (tertiary/aromatic N) is 1. The first-order valence-corrected chi connectivity index (χ1v) is 6.37. The summed E-state index contributed by atoms with van der Waals surface area (Å²) in [4.78, 5) is 27.9. The Morgan fingerprint density at radius 1 is 1.47 bits per heavy atom. The number of ether oxygens (including phenoxy) is 1. The summed E-state index contributed by atoms with van der Waals surface area (Å²) in [7, 11) is 0. The summed E-state index contributed by atoms with van der Waals surface area (Å²) in [5.41, 5.74) is -0.392. The van der Waals surface area contributed by atoms with E-state index in [9.17, 15) is 9.59 Å². The van der Waals surface area contributed by atoms with Crippen molar-refractivity contribution < 1.29 is 19.2 Å². The SMILES string of the molecule is C=C1CC(OC=O)CC(C)(C)N1OC(=O)C(C)(C)C. The number of hydrogen-bond donors (Lipinski definition) is 0. The second kappa shape index (κ2) is 5.23. The molecule has 1 atom stereocenters. The minimum atomic E-state index is -0.577. The van der Waals surface area contributed by atoms with Crippen molar-refractivity contribution >= 4 is 12.4 Å². The van der Waals surface area contributed by atoms with E-state index in [0.29, 0.717) is 25.0 Å². The molecular formula is C14H23NO4. The van der Waals surface area contributed by atoms with Gasteiger partial charge < -0.3 is 9.57 Å². The Bertz CT molecular complexity index is 381. The summed E-state index contributed by atoms with van der Waals surface area (Å²) in [6.45, 7) is 13.6. The van der Waals surface area contributed by atoms with Gasteiger partial charge in [0.2, 0.25) is 0 Å². The normalized spacial score (nSPS) is 22.9. The van der Waals surface area contributed by atoms with Crippen LogP contribution in [0.2, 0.25) is 0 Å². The molecular weight excluding hydrogens is 246 g/mol. The largest absolute Gasteiger partial charge is 0.464 e. The van der Waals surface area contributed by atoms with Gasteiger partial charge in [-0.15, -0.1) is 0 Å². The van der Waals surface area contributed by atoms with Crippen molar-refractivity contribution in [2.75, 3.05) is 0 Å². The van der Waals surface area contributed by atoms with E-state index in [4.69, 9.17) is 9.57 Å². The molecule has 0 N–H and O–H groups in total. The molecule has 108 valence electrons. The molecule has 0 bridgehead atoms. The van der Waals surface area contributed by atoms with Gasteiger partial charge in [-0.3, -0.25) is 4.79 Å². The van der Waals surface area contributed by atoms with Gasteiger partial charge in [-0.25, -0.2) is 9.86 Å². The van der Waals surface area contributed by atoms with Gasteiger partial charge >= 0.3 is 5.97 Å². The molecule has 0 amide bonds. The van der Waals surface area contributed by atoms with Crippen LogP contribution in [-0.2, 0) is 19.2 Å². The molecule has 5 heteroatoms. The summed E-state index contributed by atoms with van der Waals surface area (Å²) in [6, 6.07) is 0. The highest BCUT2D eigenvalue weighted by molar-refractivity contribution is 5.75. The van der Waals surface area contributed by atoms with Crippen molar-refractivity contribution in [3.05, 3.63) is 12.3 Å². The Labute approximate surface area is 114 Å². The molecule has 1 rings (SSSR count). The molecule has 0 aromatic heterocycles. The topological polar surface area (TPSA) is 55.8 Å². The van der Waals surface area contributed by atoms with Crippen LogP contribution in [-0.4, -0.2) is 29.1 Å². The average Bonchev–Trinajstić information content (AvgIpc) is 2.21. The molecule has 0 aromatic carbocycles. The van der Waals surface area contributed by atoms with Gasteiger partial charge in [0.25, 0.3) is 6.47 Å². The quantitative estimate of drug-likeness (QED) is 0.736. The summed E-state index contributed by atoms with van der Waals surface area (Å²) in [5, 5.41) is 1.55. The molecule has 5 nitrogen and oxygen atoms in total. The lowest BCUT2D eigenvalue weighted by molar-refractivity contribution is -0.224. The van der Waals surface area contributed by atoms with E-state index < -0.39 is 11.0 Å². The smallest absolute Gasteiger partial charge is 0.337 e. The molecule has 1 heterocycles. The Morgan fingerprint density at radius 2 is 2.05 bits per heavy atom. The van der Waals surface area contributed by atoms with Crippen molar-refractivity contribution in [1.29, 1.82) is 0 Å². The average molecular weight is 269 g/mol. The zero-order valence-electron chi connectivity index (χ0n) is 12.4. The molecule has 1 aliphatic heterocycles. The molecule has 1 aliphatic rings. The van der Waals surface area contributed by atoms with Gasteiger partial charge in [-0.05, 0) is 34.6 Å². The molecule has 0 aromatic rings. The maximum Gasteiger partial charge on any atom is 0.337 e. The van der Waals surface area contributed by atoms with Crippen LogP contribution >= 0.6 is 0 Å². The fraction of sp³-hybridized carbons (Fsp3) is 0.714. The Balaban J connectivity index is 2.82. The molecule has 1 saturated heterocycles. The van der Waals surface area contributed by atoms with Gasteiger partial charge in [0, 0.05) is 18.5 Å². The monoisotopic (exact) mass is 269 g/mol. The third kappa shape index (κ3) is 3.72. The zero-order chi connectivity index (χ0) is 14.8. The number of rotatable bonds is 3. The van der Waals surface area contributed by atoms with Crippen LogP contribution in [0.3, 0.4) is 0 Å². The van der Waals surface area contributed by atoms with Crippen molar-refractivity contribution in [2.45, 2.75) is 59.1 Å². The van der Waals surface area contributed by atoms with E-state index in [1.807, 2.05) is 13.8 Å². The van der Waals surface area contributed by atoms with E-state index in [1.165, 1.54) is 0 Å². The predicted molar refractivity (Wildman–Crippen MR) is 70.8 cm³/mol. The van der Waals surface area contributed by atoms with E-state index in [2.05, 4.69) is 6.58 Å². The number of hydrogen-bond acceptors (Lipinski definition) is 5.